The van der Waals surface area contributed by atoms with Crippen molar-refractivity contribution in [3.8, 4) is 5.88 Å². The van der Waals surface area contributed by atoms with E-state index in [-0.39, 0.29) is 39.7 Å². The Labute approximate surface area is 204 Å². The average Bonchev–Trinajstić information content (AvgIpc) is 2.88. The summed E-state index contributed by atoms with van der Waals surface area (Å²) in [6.45, 7) is 2.38. The van der Waals surface area contributed by atoms with Gasteiger partial charge >= 0.3 is 0 Å². The predicted molar refractivity (Wildman–Crippen MR) is 126 cm³/mol. The number of allylic oxidation sites excluding steroid dienone is 3. The van der Waals surface area contributed by atoms with Crippen molar-refractivity contribution < 1.29 is 23.4 Å². The van der Waals surface area contributed by atoms with Crippen LogP contribution in [-0.4, -0.2) is 58.5 Å². The van der Waals surface area contributed by atoms with E-state index < -0.39 is 23.7 Å². The van der Waals surface area contributed by atoms with Gasteiger partial charge in [0.15, 0.2) is 0 Å². The molecule has 0 saturated carbocycles. The van der Waals surface area contributed by atoms with Crippen LogP contribution in [0.3, 0.4) is 0 Å². The summed E-state index contributed by atoms with van der Waals surface area (Å²) >= 11 is 6.34. The molecule has 2 aliphatic rings. The van der Waals surface area contributed by atoms with Gasteiger partial charge in [0, 0.05) is 47.7 Å². The number of rotatable bonds is 5. The van der Waals surface area contributed by atoms with Crippen LogP contribution >= 0.6 is 11.6 Å². The molecule has 2 unspecified atom stereocenters. The van der Waals surface area contributed by atoms with Crippen molar-refractivity contribution >= 4 is 33.8 Å². The first-order valence-electron chi connectivity index (χ1n) is 11.0. The van der Waals surface area contributed by atoms with Crippen LogP contribution in [0.5, 0.6) is 5.88 Å². The molecule has 0 radical (unpaired) electrons. The van der Waals surface area contributed by atoms with Gasteiger partial charge in [-0.3, -0.25) is 4.98 Å². The molecule has 8 nitrogen and oxygen atoms in total. The number of fused-ring (bicyclic) bond motifs is 1. The highest BCUT2D eigenvalue weighted by Crippen LogP contribution is 2.45. The lowest BCUT2D eigenvalue weighted by Crippen LogP contribution is -2.36. The van der Waals surface area contributed by atoms with Gasteiger partial charge in [-0.1, -0.05) is 11.6 Å². The van der Waals surface area contributed by atoms with E-state index in [9.17, 15) is 5.11 Å². The van der Waals surface area contributed by atoms with Gasteiger partial charge in [-0.25, -0.2) is 23.7 Å². The molecule has 1 aliphatic carbocycles. The topological polar surface area (TPSA) is 93.5 Å². The van der Waals surface area contributed by atoms with Gasteiger partial charge in [0.2, 0.25) is 5.88 Å². The zero-order chi connectivity index (χ0) is 24.5. The molecular formula is C24H22ClF2N5O3. The number of methoxy groups -OCH3 is 1. The van der Waals surface area contributed by atoms with E-state index in [4.69, 9.17) is 21.1 Å². The molecule has 0 spiro atoms. The summed E-state index contributed by atoms with van der Waals surface area (Å²) in [7, 11) is 1.41. The second kappa shape index (κ2) is 9.80. The van der Waals surface area contributed by atoms with E-state index in [1.807, 2.05) is 4.90 Å². The number of morpholine rings is 1. The zero-order valence-electron chi connectivity index (χ0n) is 18.8. The maximum atomic E-state index is 15.4. The van der Waals surface area contributed by atoms with Gasteiger partial charge in [0.05, 0.1) is 36.9 Å². The fourth-order valence-electron chi connectivity index (χ4n) is 4.45. The monoisotopic (exact) mass is 501 g/mol. The number of hydrogen-bond donors (Lipinski definition) is 1. The molecule has 0 bridgehead atoms. The number of aromatic nitrogens is 4. The number of nitrogens with zero attached hydrogens (tertiary/aromatic N) is 5. The summed E-state index contributed by atoms with van der Waals surface area (Å²) in [6.07, 6.45) is 3.95. The standard InChI is InChI=1S/C24H22ClF2N5O3/c1-34-24-22(28-2-3-29-24)23(33)14-10-15(17(26)11-16(14)25)21-20-18(27)8-13(9-19(20)30-12-31-21)32-4-6-35-7-5-32/h2-3,8-9,11-12,14,23,33H,4-7,10H2,1H3. The highest BCUT2D eigenvalue weighted by atomic mass is 35.5. The van der Waals surface area contributed by atoms with Crippen LogP contribution in [0.25, 0.3) is 16.5 Å². The minimum atomic E-state index is -1.24. The third kappa shape index (κ3) is 4.44. The van der Waals surface area contributed by atoms with Crippen LogP contribution in [0.4, 0.5) is 14.5 Å². The second-order valence-corrected chi connectivity index (χ2v) is 8.64. The molecule has 35 heavy (non-hydrogen) atoms. The van der Waals surface area contributed by atoms with Crippen LogP contribution < -0.4 is 9.64 Å². The smallest absolute Gasteiger partial charge is 0.238 e. The number of ether oxygens (including phenoxy) is 2. The van der Waals surface area contributed by atoms with Gasteiger partial charge in [-0.15, -0.1) is 0 Å². The minimum Gasteiger partial charge on any atom is -0.480 e. The van der Waals surface area contributed by atoms with Gasteiger partial charge in [-0.05, 0) is 24.6 Å². The van der Waals surface area contributed by atoms with Crippen molar-refractivity contribution in [1.29, 1.82) is 0 Å². The lowest BCUT2D eigenvalue weighted by Gasteiger charge is -2.29. The van der Waals surface area contributed by atoms with Crippen molar-refractivity contribution in [1.82, 2.24) is 19.9 Å². The number of aliphatic hydroxyl groups is 1. The zero-order valence-corrected chi connectivity index (χ0v) is 19.5. The summed E-state index contributed by atoms with van der Waals surface area (Å²) in [5, 5.41) is 11.3. The molecule has 11 heteroatoms. The Balaban J connectivity index is 1.54. The van der Waals surface area contributed by atoms with E-state index in [1.165, 1.54) is 31.9 Å². The Hall–Kier alpha value is -3.21. The lowest BCUT2D eigenvalue weighted by molar-refractivity contribution is 0.121. The number of aliphatic hydroxyl groups excluding tert-OH is 1. The molecule has 1 fully saturated rings. The fraction of sp³-hybridized carbons (Fsp3) is 0.333. The molecule has 3 aromatic rings. The third-order valence-corrected chi connectivity index (χ3v) is 6.60. The van der Waals surface area contributed by atoms with Gasteiger partial charge < -0.3 is 19.5 Å². The number of halogens is 3. The molecule has 2 atom stereocenters. The number of hydrogen-bond acceptors (Lipinski definition) is 8. The SMILES string of the molecule is COc1nccnc1C(O)C1CC(c2ncnc3cc(N4CCOCC4)cc(F)c23)=C(F)C=C1Cl. The highest BCUT2D eigenvalue weighted by molar-refractivity contribution is 6.30. The van der Waals surface area contributed by atoms with Gasteiger partial charge in [0.1, 0.15) is 29.8 Å². The van der Waals surface area contributed by atoms with Gasteiger partial charge in [-0.2, -0.15) is 0 Å². The molecule has 1 saturated heterocycles. The molecular weight excluding hydrogens is 480 g/mol. The first-order chi connectivity index (χ1) is 17.0. The Morgan fingerprint density at radius 1 is 1.14 bits per heavy atom. The maximum absolute atomic E-state index is 15.4. The van der Waals surface area contributed by atoms with Crippen LogP contribution in [0.2, 0.25) is 0 Å². The summed E-state index contributed by atoms with van der Waals surface area (Å²) in [5.74, 6) is -1.85. The lowest BCUT2D eigenvalue weighted by atomic mass is 9.85. The van der Waals surface area contributed by atoms with Crippen molar-refractivity contribution in [2.75, 3.05) is 38.3 Å². The van der Waals surface area contributed by atoms with E-state index in [1.54, 1.807) is 6.07 Å². The first-order valence-corrected chi connectivity index (χ1v) is 11.4. The summed E-state index contributed by atoms with van der Waals surface area (Å²) in [4.78, 5) is 18.7. The molecule has 1 N–H and O–H groups in total. The number of benzene rings is 1. The summed E-state index contributed by atoms with van der Waals surface area (Å²) < 4.78 is 41.2. The van der Waals surface area contributed by atoms with E-state index in [0.717, 1.165) is 6.08 Å². The highest BCUT2D eigenvalue weighted by Gasteiger charge is 2.34. The summed E-state index contributed by atoms with van der Waals surface area (Å²) in [5.41, 5.74) is 1.42. The van der Waals surface area contributed by atoms with Crippen molar-refractivity contribution in [3.63, 3.8) is 0 Å². The molecule has 3 heterocycles. The van der Waals surface area contributed by atoms with E-state index >= 15 is 8.78 Å². The van der Waals surface area contributed by atoms with Crippen LogP contribution in [0.15, 0.2) is 47.8 Å². The Bertz CT molecular complexity index is 1330. The van der Waals surface area contributed by atoms with Gasteiger partial charge in [0.25, 0.3) is 0 Å². The number of anilines is 1. The Morgan fingerprint density at radius 3 is 2.69 bits per heavy atom. The molecule has 5 rings (SSSR count). The third-order valence-electron chi connectivity index (χ3n) is 6.21. The largest absolute Gasteiger partial charge is 0.480 e. The normalized spacial score (nSPS) is 19.6. The average molecular weight is 502 g/mol. The van der Waals surface area contributed by atoms with Crippen molar-refractivity contribution in [2.24, 2.45) is 5.92 Å². The fourth-order valence-corrected chi connectivity index (χ4v) is 4.74. The second-order valence-electron chi connectivity index (χ2n) is 8.21. The first kappa shape index (κ1) is 23.5. The van der Waals surface area contributed by atoms with Crippen molar-refractivity contribution in [3.05, 3.63) is 65.0 Å². The maximum Gasteiger partial charge on any atom is 0.238 e. The minimum absolute atomic E-state index is 0.0428. The van der Waals surface area contributed by atoms with Crippen molar-refractivity contribution in [2.45, 2.75) is 12.5 Å². The van der Waals surface area contributed by atoms with Crippen LogP contribution in [-0.2, 0) is 4.74 Å². The summed E-state index contributed by atoms with van der Waals surface area (Å²) in [6, 6.07) is 3.16. The van der Waals surface area contributed by atoms with E-state index in [0.29, 0.717) is 37.5 Å². The Morgan fingerprint density at radius 2 is 1.91 bits per heavy atom. The molecule has 2 aromatic heterocycles. The molecule has 182 valence electrons. The predicted octanol–water partition coefficient (Wildman–Crippen LogP) is 3.96. The van der Waals surface area contributed by atoms with E-state index in [2.05, 4.69) is 19.9 Å². The van der Waals surface area contributed by atoms with Crippen LogP contribution in [0.1, 0.15) is 23.9 Å². The van der Waals surface area contributed by atoms with Crippen LogP contribution in [0, 0.1) is 11.7 Å². The molecule has 1 aliphatic heterocycles. The molecule has 1 aromatic carbocycles. The quantitative estimate of drug-likeness (QED) is 0.561. The Kier molecular flexibility index (Phi) is 6.59. The molecule has 0 amide bonds.